The molecule has 0 radical (unpaired) electrons. The third-order valence-electron chi connectivity index (χ3n) is 3.57. The molecule has 0 spiro atoms. The van der Waals surface area contributed by atoms with Crippen molar-refractivity contribution >= 4 is 23.7 Å². The van der Waals surface area contributed by atoms with Crippen molar-refractivity contribution in [3.05, 3.63) is 11.3 Å². The summed E-state index contributed by atoms with van der Waals surface area (Å²) in [7, 11) is 1.78. The maximum atomic E-state index is 12.0. The van der Waals surface area contributed by atoms with Crippen LogP contribution in [-0.4, -0.2) is 33.7 Å². The molecule has 0 unspecified atom stereocenters. The topological polar surface area (TPSA) is 105 Å². The number of amides is 4. The molecule has 0 bridgehead atoms. The molecule has 3 N–H and O–H groups in total. The normalized spacial score (nSPS) is 20.6. The quantitative estimate of drug-likeness (QED) is 0.644. The number of imide groups is 1. The molecule has 106 valence electrons. The van der Waals surface area contributed by atoms with Gasteiger partial charge in [0.15, 0.2) is 0 Å². The van der Waals surface area contributed by atoms with E-state index in [9.17, 15) is 14.4 Å². The van der Waals surface area contributed by atoms with Crippen molar-refractivity contribution in [2.24, 2.45) is 7.05 Å². The van der Waals surface area contributed by atoms with Crippen molar-refractivity contribution in [1.82, 2.24) is 20.4 Å². The molecule has 4 amide bonds. The van der Waals surface area contributed by atoms with Crippen molar-refractivity contribution < 1.29 is 14.4 Å². The number of carbonyl (C=O) groups excluding carboxylic acids is 3. The average molecular weight is 277 g/mol. The van der Waals surface area contributed by atoms with Crippen LogP contribution in [0.5, 0.6) is 0 Å². The Kier molecular flexibility index (Phi) is 2.92. The minimum absolute atomic E-state index is 0.0858. The van der Waals surface area contributed by atoms with Gasteiger partial charge in [-0.1, -0.05) is 0 Å². The monoisotopic (exact) mass is 277 g/mol. The number of aryl methyl sites for hydroxylation is 2. The predicted molar refractivity (Wildman–Crippen MR) is 68.9 cm³/mol. The number of aromatic nitrogens is 2. The first-order chi connectivity index (χ1) is 9.54. The zero-order valence-corrected chi connectivity index (χ0v) is 11.0. The molecule has 0 saturated carbocycles. The lowest BCUT2D eigenvalue weighted by Crippen LogP contribution is -2.33. The van der Waals surface area contributed by atoms with E-state index >= 15 is 0 Å². The lowest BCUT2D eigenvalue weighted by molar-refractivity contribution is -0.124. The van der Waals surface area contributed by atoms with E-state index in [0.717, 1.165) is 30.5 Å². The van der Waals surface area contributed by atoms with E-state index in [4.69, 9.17) is 0 Å². The second-order valence-electron chi connectivity index (χ2n) is 5.02. The number of urea groups is 1. The molecule has 1 aliphatic heterocycles. The van der Waals surface area contributed by atoms with Gasteiger partial charge in [-0.15, -0.1) is 0 Å². The maximum absolute atomic E-state index is 12.0. The number of nitrogens with zero attached hydrogens (tertiary/aromatic N) is 2. The van der Waals surface area contributed by atoms with Gasteiger partial charge in [0, 0.05) is 12.6 Å². The average Bonchev–Trinajstić information content (AvgIpc) is 3.00. The second kappa shape index (κ2) is 4.62. The first-order valence-corrected chi connectivity index (χ1v) is 6.50. The van der Waals surface area contributed by atoms with Crippen LogP contribution in [0.2, 0.25) is 0 Å². The van der Waals surface area contributed by atoms with Crippen LogP contribution in [0.25, 0.3) is 0 Å². The summed E-state index contributed by atoms with van der Waals surface area (Å²) in [6.45, 7) is 0. The predicted octanol–water partition coefficient (Wildman–Crippen LogP) is -0.555. The number of hydrogen-bond acceptors (Lipinski definition) is 4. The Balaban J connectivity index is 1.68. The van der Waals surface area contributed by atoms with Crippen LogP contribution >= 0.6 is 0 Å². The molecule has 1 atom stereocenters. The highest BCUT2D eigenvalue weighted by Crippen LogP contribution is 2.28. The molecule has 0 aromatic carbocycles. The molecule has 1 aliphatic carbocycles. The van der Waals surface area contributed by atoms with Gasteiger partial charge in [-0.2, -0.15) is 5.10 Å². The molecule has 1 aromatic heterocycles. The van der Waals surface area contributed by atoms with E-state index < -0.39 is 18.0 Å². The third kappa shape index (κ3) is 2.13. The molecule has 8 nitrogen and oxygen atoms in total. The fraction of sp³-hybridized carbons (Fsp3) is 0.500. The van der Waals surface area contributed by atoms with Gasteiger partial charge in [-0.25, -0.2) is 4.79 Å². The van der Waals surface area contributed by atoms with Crippen molar-refractivity contribution in [3.8, 4) is 0 Å². The minimum atomic E-state index is -0.802. The molecular formula is C12H15N5O3. The second-order valence-corrected chi connectivity index (χ2v) is 5.02. The van der Waals surface area contributed by atoms with Crippen molar-refractivity contribution in [1.29, 1.82) is 0 Å². The van der Waals surface area contributed by atoms with Crippen LogP contribution in [0.4, 0.5) is 10.6 Å². The zero-order chi connectivity index (χ0) is 14.3. The van der Waals surface area contributed by atoms with E-state index in [1.807, 2.05) is 0 Å². The summed E-state index contributed by atoms with van der Waals surface area (Å²) in [6.07, 6.45) is 2.79. The van der Waals surface area contributed by atoms with Crippen molar-refractivity contribution in [2.45, 2.75) is 31.7 Å². The molecule has 2 aliphatic rings. The van der Waals surface area contributed by atoms with Gasteiger partial charge in [0.1, 0.15) is 11.9 Å². The molecule has 3 rings (SSSR count). The Morgan fingerprint density at radius 2 is 2.25 bits per heavy atom. The minimum Gasteiger partial charge on any atom is -0.325 e. The Morgan fingerprint density at radius 1 is 1.45 bits per heavy atom. The molecule has 1 fully saturated rings. The Hall–Kier alpha value is -2.38. The van der Waals surface area contributed by atoms with E-state index in [2.05, 4.69) is 21.0 Å². The van der Waals surface area contributed by atoms with Gasteiger partial charge in [0.25, 0.3) is 5.91 Å². The molecule has 20 heavy (non-hydrogen) atoms. The number of fused-ring (bicyclic) bond motifs is 1. The number of carbonyl (C=O) groups is 3. The number of rotatable bonds is 3. The van der Waals surface area contributed by atoms with Crippen LogP contribution in [-0.2, 0) is 29.5 Å². The summed E-state index contributed by atoms with van der Waals surface area (Å²) in [5, 5.41) is 11.6. The van der Waals surface area contributed by atoms with E-state index in [1.54, 1.807) is 11.7 Å². The highest BCUT2D eigenvalue weighted by molar-refractivity contribution is 6.06. The third-order valence-corrected chi connectivity index (χ3v) is 3.57. The summed E-state index contributed by atoms with van der Waals surface area (Å²) >= 11 is 0. The Morgan fingerprint density at radius 3 is 2.95 bits per heavy atom. The van der Waals surface area contributed by atoms with Gasteiger partial charge in [-0.3, -0.25) is 19.6 Å². The molecule has 8 heteroatoms. The first-order valence-electron chi connectivity index (χ1n) is 6.50. The number of nitrogens with one attached hydrogen (secondary N) is 3. The van der Waals surface area contributed by atoms with Gasteiger partial charge < -0.3 is 10.6 Å². The summed E-state index contributed by atoms with van der Waals surface area (Å²) < 4.78 is 1.65. The standard InChI is InChI=1S/C12H15N5O3/c1-17-10(6-3-2-4-7(6)16-17)14-9(18)5-8-11(19)15-12(20)13-8/h8H,2-5H2,1H3,(H,14,18)(H2,13,15,19,20)/t8-/m0/s1. The first kappa shape index (κ1) is 12.6. The molecule has 1 aromatic rings. The van der Waals surface area contributed by atoms with E-state index in [-0.39, 0.29) is 12.3 Å². The summed E-state index contributed by atoms with van der Waals surface area (Å²) in [5.41, 5.74) is 2.09. The van der Waals surface area contributed by atoms with Crippen molar-refractivity contribution in [3.63, 3.8) is 0 Å². The smallest absolute Gasteiger partial charge is 0.322 e. The molecule has 1 saturated heterocycles. The molecule has 2 heterocycles. The summed E-state index contributed by atoms with van der Waals surface area (Å²) in [6, 6.07) is -1.36. The van der Waals surface area contributed by atoms with E-state index in [1.165, 1.54) is 0 Å². The number of anilines is 1. The van der Waals surface area contributed by atoms with Crippen LogP contribution in [0.3, 0.4) is 0 Å². The highest BCUT2D eigenvalue weighted by atomic mass is 16.2. The van der Waals surface area contributed by atoms with Crippen LogP contribution < -0.4 is 16.0 Å². The fourth-order valence-electron chi connectivity index (χ4n) is 2.65. The lowest BCUT2D eigenvalue weighted by atomic mass is 10.2. The summed E-state index contributed by atoms with van der Waals surface area (Å²) in [4.78, 5) is 34.4. The maximum Gasteiger partial charge on any atom is 0.322 e. The van der Waals surface area contributed by atoms with Crippen LogP contribution in [0.1, 0.15) is 24.1 Å². The SMILES string of the molecule is Cn1nc2c(c1NC(=O)C[C@@H]1NC(=O)NC1=O)CCC2. The van der Waals surface area contributed by atoms with Crippen molar-refractivity contribution in [2.75, 3.05) is 5.32 Å². The number of hydrogen-bond donors (Lipinski definition) is 3. The van der Waals surface area contributed by atoms with Gasteiger partial charge in [0.05, 0.1) is 12.1 Å². The Labute approximate surface area is 114 Å². The highest BCUT2D eigenvalue weighted by Gasteiger charge is 2.32. The van der Waals surface area contributed by atoms with Gasteiger partial charge >= 0.3 is 6.03 Å². The molecular weight excluding hydrogens is 262 g/mol. The van der Waals surface area contributed by atoms with E-state index in [0.29, 0.717) is 5.82 Å². The fourth-order valence-corrected chi connectivity index (χ4v) is 2.65. The van der Waals surface area contributed by atoms with Gasteiger partial charge in [-0.05, 0) is 19.3 Å². The lowest BCUT2D eigenvalue weighted by Gasteiger charge is -2.10. The van der Waals surface area contributed by atoms with Crippen LogP contribution in [0, 0.1) is 0 Å². The Bertz CT molecular complexity index is 606. The largest absolute Gasteiger partial charge is 0.325 e. The summed E-state index contributed by atoms with van der Waals surface area (Å²) in [5.74, 6) is -0.0994. The van der Waals surface area contributed by atoms with Crippen LogP contribution in [0.15, 0.2) is 0 Å². The zero-order valence-electron chi connectivity index (χ0n) is 11.0. The van der Waals surface area contributed by atoms with Gasteiger partial charge in [0.2, 0.25) is 5.91 Å².